The molecule has 1 heterocycles. The van der Waals surface area contributed by atoms with E-state index >= 15 is 0 Å². The molecule has 0 radical (unpaired) electrons. The van der Waals surface area contributed by atoms with Crippen molar-refractivity contribution in [2.45, 2.75) is 19.9 Å². The Kier molecular flexibility index (Phi) is 2.26. The Balaban J connectivity index is 2.31. The molecule has 1 aliphatic rings. The fourth-order valence-corrected chi connectivity index (χ4v) is 1.84. The summed E-state index contributed by atoms with van der Waals surface area (Å²) < 4.78 is 0. The molecule has 4 nitrogen and oxygen atoms in total. The van der Waals surface area contributed by atoms with Gasteiger partial charge in [0.2, 0.25) is 0 Å². The third-order valence-corrected chi connectivity index (χ3v) is 2.68. The third kappa shape index (κ3) is 1.75. The minimum atomic E-state index is 0.142. The van der Waals surface area contributed by atoms with Gasteiger partial charge in [0, 0.05) is 0 Å². The van der Waals surface area contributed by atoms with E-state index in [1.54, 1.807) is 0 Å². The SMILES string of the molecule is Cc1cc(C2CN=C(N)N2)cc(C)c1O. The highest BCUT2D eigenvalue weighted by Crippen LogP contribution is 2.27. The molecule has 1 aromatic rings. The lowest BCUT2D eigenvalue weighted by molar-refractivity contribution is 0.466. The van der Waals surface area contributed by atoms with E-state index in [0.29, 0.717) is 18.3 Å². The predicted molar refractivity (Wildman–Crippen MR) is 59.9 cm³/mol. The Labute approximate surface area is 88.8 Å². The van der Waals surface area contributed by atoms with Crippen LogP contribution in [0, 0.1) is 13.8 Å². The summed E-state index contributed by atoms with van der Waals surface area (Å²) in [6.45, 7) is 4.45. The normalized spacial score (nSPS) is 19.9. The molecule has 0 aliphatic carbocycles. The molecular formula is C11H15N3O. The summed E-state index contributed by atoms with van der Waals surface area (Å²) in [6.07, 6.45) is 0. The molecule has 0 saturated heterocycles. The van der Waals surface area contributed by atoms with Gasteiger partial charge in [-0.3, -0.25) is 4.99 Å². The second kappa shape index (κ2) is 3.46. The highest BCUT2D eigenvalue weighted by molar-refractivity contribution is 5.80. The van der Waals surface area contributed by atoms with E-state index < -0.39 is 0 Å². The van der Waals surface area contributed by atoms with E-state index in [1.807, 2.05) is 26.0 Å². The molecule has 80 valence electrons. The van der Waals surface area contributed by atoms with Gasteiger partial charge in [0.05, 0.1) is 12.6 Å². The Morgan fingerprint density at radius 2 is 2.00 bits per heavy atom. The van der Waals surface area contributed by atoms with E-state index in [-0.39, 0.29) is 6.04 Å². The molecule has 1 unspecified atom stereocenters. The molecule has 0 spiro atoms. The number of phenols is 1. The monoisotopic (exact) mass is 205 g/mol. The van der Waals surface area contributed by atoms with Gasteiger partial charge in [-0.15, -0.1) is 0 Å². The molecule has 1 aromatic carbocycles. The number of nitrogens with one attached hydrogen (secondary N) is 1. The van der Waals surface area contributed by atoms with Gasteiger partial charge in [0.15, 0.2) is 5.96 Å². The summed E-state index contributed by atoms with van der Waals surface area (Å²) in [5.41, 5.74) is 8.45. The zero-order valence-electron chi connectivity index (χ0n) is 8.91. The minimum absolute atomic E-state index is 0.142. The summed E-state index contributed by atoms with van der Waals surface area (Å²) in [4.78, 5) is 4.10. The van der Waals surface area contributed by atoms with Crippen LogP contribution in [0.5, 0.6) is 5.75 Å². The number of hydrogen-bond donors (Lipinski definition) is 3. The number of aryl methyl sites for hydroxylation is 2. The highest BCUT2D eigenvalue weighted by Gasteiger charge is 2.18. The molecule has 0 saturated carbocycles. The topological polar surface area (TPSA) is 70.6 Å². The summed E-state index contributed by atoms with van der Waals surface area (Å²) >= 11 is 0. The van der Waals surface area contributed by atoms with Gasteiger partial charge in [-0.2, -0.15) is 0 Å². The van der Waals surface area contributed by atoms with Crippen molar-refractivity contribution in [3.63, 3.8) is 0 Å². The average Bonchev–Trinajstić information content (AvgIpc) is 2.60. The van der Waals surface area contributed by atoms with E-state index in [0.717, 1.165) is 16.7 Å². The van der Waals surface area contributed by atoms with Crippen LogP contribution >= 0.6 is 0 Å². The van der Waals surface area contributed by atoms with Crippen molar-refractivity contribution in [3.05, 3.63) is 28.8 Å². The first kappa shape index (κ1) is 9.83. The Morgan fingerprint density at radius 1 is 1.40 bits per heavy atom. The maximum atomic E-state index is 9.65. The van der Waals surface area contributed by atoms with Crippen LogP contribution in [0.1, 0.15) is 22.7 Å². The van der Waals surface area contributed by atoms with Crippen LogP contribution in [0.25, 0.3) is 0 Å². The lowest BCUT2D eigenvalue weighted by Gasteiger charge is -2.14. The summed E-state index contributed by atoms with van der Waals surface area (Å²) in [7, 11) is 0. The number of hydrogen-bond acceptors (Lipinski definition) is 4. The first-order chi connectivity index (χ1) is 7.08. The Hall–Kier alpha value is -1.71. The quantitative estimate of drug-likeness (QED) is 0.639. The number of guanidine groups is 1. The molecule has 2 rings (SSSR count). The largest absolute Gasteiger partial charge is 0.507 e. The van der Waals surface area contributed by atoms with Crippen LogP contribution in [-0.4, -0.2) is 17.6 Å². The summed E-state index contributed by atoms with van der Waals surface area (Å²) in [6, 6.07) is 4.07. The maximum Gasteiger partial charge on any atom is 0.189 e. The second-order valence-corrected chi connectivity index (χ2v) is 3.93. The minimum Gasteiger partial charge on any atom is -0.507 e. The van der Waals surface area contributed by atoms with Crippen molar-refractivity contribution in [3.8, 4) is 5.75 Å². The predicted octanol–water partition coefficient (Wildman–Crippen LogP) is 0.968. The van der Waals surface area contributed by atoms with Crippen LogP contribution in [0.3, 0.4) is 0 Å². The molecule has 15 heavy (non-hydrogen) atoms. The molecule has 0 fully saturated rings. The lowest BCUT2D eigenvalue weighted by atomic mass is 10.0. The number of phenolic OH excluding ortho intramolecular Hbond substituents is 1. The first-order valence-electron chi connectivity index (χ1n) is 4.94. The Bertz CT molecular complexity index is 403. The smallest absolute Gasteiger partial charge is 0.189 e. The van der Waals surface area contributed by atoms with Crippen molar-refractivity contribution in [1.82, 2.24) is 5.32 Å². The highest BCUT2D eigenvalue weighted by atomic mass is 16.3. The van der Waals surface area contributed by atoms with Crippen LogP contribution in [0.2, 0.25) is 0 Å². The summed E-state index contributed by atoms with van der Waals surface area (Å²) in [5, 5.41) is 12.7. The lowest BCUT2D eigenvalue weighted by Crippen LogP contribution is -2.29. The van der Waals surface area contributed by atoms with Crippen molar-refractivity contribution >= 4 is 5.96 Å². The summed E-state index contributed by atoms with van der Waals surface area (Å²) in [5.74, 6) is 0.856. The standard InChI is InChI=1S/C11H15N3O/c1-6-3-8(4-7(2)10(6)15)9-5-13-11(12)14-9/h3-4,9,15H,5H2,1-2H3,(H3,12,13,14). The van der Waals surface area contributed by atoms with Gasteiger partial charge in [-0.05, 0) is 30.5 Å². The fourth-order valence-electron chi connectivity index (χ4n) is 1.84. The van der Waals surface area contributed by atoms with E-state index in [1.165, 1.54) is 0 Å². The van der Waals surface area contributed by atoms with Gasteiger partial charge in [-0.1, -0.05) is 12.1 Å². The van der Waals surface area contributed by atoms with E-state index in [9.17, 15) is 5.11 Å². The van der Waals surface area contributed by atoms with Crippen LogP contribution < -0.4 is 11.1 Å². The van der Waals surface area contributed by atoms with Crippen LogP contribution in [0.15, 0.2) is 17.1 Å². The second-order valence-electron chi connectivity index (χ2n) is 3.93. The van der Waals surface area contributed by atoms with Gasteiger partial charge in [-0.25, -0.2) is 0 Å². The maximum absolute atomic E-state index is 9.65. The molecule has 4 heteroatoms. The van der Waals surface area contributed by atoms with Gasteiger partial charge in [0.25, 0.3) is 0 Å². The zero-order valence-corrected chi connectivity index (χ0v) is 8.91. The van der Waals surface area contributed by atoms with E-state index in [4.69, 9.17) is 5.73 Å². The number of rotatable bonds is 1. The van der Waals surface area contributed by atoms with Crippen LogP contribution in [0.4, 0.5) is 0 Å². The number of benzene rings is 1. The number of aliphatic imine (C=N–C) groups is 1. The molecule has 4 N–H and O–H groups in total. The first-order valence-corrected chi connectivity index (χ1v) is 4.94. The average molecular weight is 205 g/mol. The molecule has 0 amide bonds. The molecular weight excluding hydrogens is 190 g/mol. The Morgan fingerprint density at radius 3 is 2.47 bits per heavy atom. The zero-order chi connectivity index (χ0) is 11.0. The van der Waals surface area contributed by atoms with Crippen LogP contribution in [-0.2, 0) is 0 Å². The number of nitrogens with two attached hydrogens (primary N) is 1. The number of nitrogens with zero attached hydrogens (tertiary/aromatic N) is 1. The van der Waals surface area contributed by atoms with E-state index in [2.05, 4.69) is 10.3 Å². The van der Waals surface area contributed by atoms with Crippen molar-refractivity contribution in [1.29, 1.82) is 0 Å². The van der Waals surface area contributed by atoms with Gasteiger partial charge >= 0.3 is 0 Å². The van der Waals surface area contributed by atoms with Gasteiger partial charge < -0.3 is 16.2 Å². The van der Waals surface area contributed by atoms with Gasteiger partial charge in [0.1, 0.15) is 5.75 Å². The molecule has 0 bridgehead atoms. The molecule has 0 aromatic heterocycles. The number of aromatic hydroxyl groups is 1. The van der Waals surface area contributed by atoms with Crippen molar-refractivity contribution in [2.75, 3.05) is 6.54 Å². The third-order valence-electron chi connectivity index (χ3n) is 2.68. The molecule has 1 aliphatic heterocycles. The fraction of sp³-hybridized carbons (Fsp3) is 0.364. The van der Waals surface area contributed by atoms with Crippen molar-refractivity contribution < 1.29 is 5.11 Å². The van der Waals surface area contributed by atoms with Crippen molar-refractivity contribution in [2.24, 2.45) is 10.7 Å². The molecule has 1 atom stereocenters.